The van der Waals surface area contributed by atoms with Crippen molar-refractivity contribution in [2.75, 3.05) is 0 Å². The van der Waals surface area contributed by atoms with Gasteiger partial charge in [-0.1, -0.05) is 30.8 Å². The highest BCUT2D eigenvalue weighted by molar-refractivity contribution is 7.80. The summed E-state index contributed by atoms with van der Waals surface area (Å²) in [6.07, 6.45) is 2.37. The van der Waals surface area contributed by atoms with Gasteiger partial charge in [0, 0.05) is 6.54 Å². The number of amides is 1. The normalized spacial score (nSPS) is 16.7. The Labute approximate surface area is 111 Å². The quantitative estimate of drug-likeness (QED) is 0.818. The highest BCUT2D eigenvalue weighted by atomic mass is 32.1. The smallest absolute Gasteiger partial charge is 0.233 e. The summed E-state index contributed by atoms with van der Waals surface area (Å²) in [5.41, 5.74) is 5.68. The first-order valence-corrected chi connectivity index (χ1v) is 6.28. The number of benzene rings is 1. The minimum atomic E-state index is -0.678. The monoisotopic (exact) mass is 266 g/mol. The molecule has 5 heteroatoms. The molecule has 0 spiro atoms. The van der Waals surface area contributed by atoms with Crippen LogP contribution in [0.5, 0.6) is 0 Å². The molecule has 1 aromatic carbocycles. The van der Waals surface area contributed by atoms with Gasteiger partial charge in [0.1, 0.15) is 5.82 Å². The van der Waals surface area contributed by atoms with Crippen LogP contribution in [0.3, 0.4) is 0 Å². The number of hydrogen-bond acceptors (Lipinski definition) is 2. The zero-order valence-corrected chi connectivity index (χ0v) is 10.7. The lowest BCUT2D eigenvalue weighted by Gasteiger charge is -2.39. The maximum absolute atomic E-state index is 13.0. The van der Waals surface area contributed by atoms with Crippen LogP contribution in [0, 0.1) is 11.2 Å². The molecule has 18 heavy (non-hydrogen) atoms. The predicted octanol–water partition coefficient (Wildman–Crippen LogP) is 1.90. The van der Waals surface area contributed by atoms with Crippen molar-refractivity contribution >= 4 is 23.1 Å². The van der Waals surface area contributed by atoms with Crippen molar-refractivity contribution in [1.29, 1.82) is 0 Å². The van der Waals surface area contributed by atoms with Crippen molar-refractivity contribution < 1.29 is 9.18 Å². The molecular weight excluding hydrogens is 251 g/mol. The third-order valence-electron chi connectivity index (χ3n) is 3.46. The van der Waals surface area contributed by atoms with E-state index in [0.29, 0.717) is 19.4 Å². The van der Waals surface area contributed by atoms with E-state index in [1.165, 1.54) is 12.1 Å². The molecule has 1 aliphatic rings. The Morgan fingerprint density at radius 1 is 1.50 bits per heavy atom. The number of nitrogens with one attached hydrogen (secondary N) is 1. The fraction of sp³-hybridized carbons (Fsp3) is 0.385. The molecule has 1 aromatic rings. The lowest BCUT2D eigenvalue weighted by molar-refractivity contribution is -0.131. The van der Waals surface area contributed by atoms with Gasteiger partial charge in [-0.25, -0.2) is 4.39 Å². The van der Waals surface area contributed by atoms with E-state index in [2.05, 4.69) is 5.32 Å². The Bertz CT molecular complexity index is 486. The number of hydrogen-bond donors (Lipinski definition) is 2. The van der Waals surface area contributed by atoms with E-state index in [9.17, 15) is 9.18 Å². The molecule has 2 rings (SSSR count). The van der Waals surface area contributed by atoms with Crippen molar-refractivity contribution in [3.63, 3.8) is 0 Å². The molecule has 0 heterocycles. The lowest BCUT2D eigenvalue weighted by atomic mass is 9.68. The van der Waals surface area contributed by atoms with Crippen molar-refractivity contribution in [3.05, 3.63) is 35.6 Å². The molecule has 96 valence electrons. The largest absolute Gasteiger partial charge is 0.392 e. The van der Waals surface area contributed by atoms with Crippen molar-refractivity contribution in [3.8, 4) is 0 Å². The van der Waals surface area contributed by atoms with Gasteiger partial charge in [-0.3, -0.25) is 4.79 Å². The molecule has 0 saturated heterocycles. The molecule has 0 aliphatic heterocycles. The van der Waals surface area contributed by atoms with Gasteiger partial charge in [0.2, 0.25) is 5.91 Å². The Balaban J connectivity index is 1.98. The Morgan fingerprint density at radius 3 is 2.72 bits per heavy atom. The summed E-state index contributed by atoms with van der Waals surface area (Å²) in [6.45, 7) is 0.293. The highest BCUT2D eigenvalue weighted by Crippen LogP contribution is 2.41. The molecule has 1 aliphatic carbocycles. The average molecular weight is 266 g/mol. The second-order valence-electron chi connectivity index (χ2n) is 4.61. The summed E-state index contributed by atoms with van der Waals surface area (Å²) in [5.74, 6) is -0.458. The summed E-state index contributed by atoms with van der Waals surface area (Å²) < 4.78 is 13.0. The minimum Gasteiger partial charge on any atom is -0.392 e. The summed E-state index contributed by atoms with van der Waals surface area (Å²) in [5, 5.41) is 2.78. The summed E-state index contributed by atoms with van der Waals surface area (Å²) >= 11 is 4.97. The fourth-order valence-electron chi connectivity index (χ4n) is 2.11. The zero-order chi connectivity index (χ0) is 13.2. The molecule has 0 radical (unpaired) electrons. The van der Waals surface area contributed by atoms with E-state index in [0.717, 1.165) is 12.0 Å². The summed E-state index contributed by atoms with van der Waals surface area (Å²) in [4.78, 5) is 12.3. The first kappa shape index (κ1) is 13.0. The van der Waals surface area contributed by atoms with Gasteiger partial charge in [0.25, 0.3) is 0 Å². The number of carbonyl (C=O) groups excluding carboxylic acids is 1. The van der Waals surface area contributed by atoms with Gasteiger partial charge in [-0.15, -0.1) is 0 Å². The van der Waals surface area contributed by atoms with E-state index in [-0.39, 0.29) is 16.7 Å². The summed E-state index contributed by atoms with van der Waals surface area (Å²) in [7, 11) is 0. The van der Waals surface area contributed by atoms with E-state index in [1.54, 1.807) is 12.1 Å². The maximum Gasteiger partial charge on any atom is 0.233 e. The standard InChI is InChI=1S/C13H15FN2OS/c14-10-4-1-3-9(7-10)8-16-12(17)13(11(15)18)5-2-6-13/h1,3-4,7H,2,5-6,8H2,(H2,15,18)(H,16,17). The minimum absolute atomic E-state index is 0.148. The molecule has 1 fully saturated rings. The van der Waals surface area contributed by atoms with Crippen molar-refractivity contribution in [2.24, 2.45) is 11.1 Å². The SMILES string of the molecule is NC(=S)C1(C(=O)NCc2cccc(F)c2)CCC1. The molecule has 1 saturated carbocycles. The molecule has 3 N–H and O–H groups in total. The Hall–Kier alpha value is -1.49. The van der Waals surface area contributed by atoms with Crippen LogP contribution in [0.1, 0.15) is 24.8 Å². The van der Waals surface area contributed by atoms with E-state index >= 15 is 0 Å². The van der Waals surface area contributed by atoms with Crippen LogP contribution >= 0.6 is 12.2 Å². The van der Waals surface area contributed by atoms with E-state index in [4.69, 9.17) is 18.0 Å². The van der Waals surface area contributed by atoms with Gasteiger partial charge < -0.3 is 11.1 Å². The van der Waals surface area contributed by atoms with Crippen molar-refractivity contribution in [2.45, 2.75) is 25.8 Å². The molecule has 0 atom stereocenters. The third kappa shape index (κ3) is 2.36. The van der Waals surface area contributed by atoms with Gasteiger partial charge in [0.05, 0.1) is 10.4 Å². The zero-order valence-electron chi connectivity index (χ0n) is 9.91. The van der Waals surface area contributed by atoms with Crippen LogP contribution in [0.25, 0.3) is 0 Å². The number of thiocarbonyl (C=S) groups is 1. The molecule has 1 amide bonds. The Kier molecular flexibility index (Phi) is 3.61. The molecule has 0 bridgehead atoms. The predicted molar refractivity (Wildman–Crippen MR) is 71.3 cm³/mol. The number of carbonyl (C=O) groups is 1. The summed E-state index contributed by atoms with van der Waals surface area (Å²) in [6, 6.07) is 6.14. The lowest BCUT2D eigenvalue weighted by Crippen LogP contribution is -2.52. The van der Waals surface area contributed by atoms with Gasteiger partial charge in [-0.05, 0) is 30.5 Å². The number of halogens is 1. The topological polar surface area (TPSA) is 55.1 Å². The van der Waals surface area contributed by atoms with Crippen LogP contribution in [-0.2, 0) is 11.3 Å². The first-order valence-electron chi connectivity index (χ1n) is 5.87. The average Bonchev–Trinajstić information content (AvgIpc) is 2.24. The maximum atomic E-state index is 13.0. The third-order valence-corrected chi connectivity index (χ3v) is 3.85. The fourth-order valence-corrected chi connectivity index (χ4v) is 2.41. The molecule has 0 aromatic heterocycles. The van der Waals surface area contributed by atoms with E-state index in [1.807, 2.05) is 0 Å². The highest BCUT2D eigenvalue weighted by Gasteiger charge is 2.46. The number of rotatable bonds is 4. The Morgan fingerprint density at radius 2 is 2.22 bits per heavy atom. The molecule has 0 unspecified atom stereocenters. The van der Waals surface area contributed by atoms with Crippen LogP contribution in [0.4, 0.5) is 4.39 Å². The molecular formula is C13H15FN2OS. The first-order chi connectivity index (χ1) is 8.54. The van der Waals surface area contributed by atoms with Gasteiger partial charge in [0.15, 0.2) is 0 Å². The van der Waals surface area contributed by atoms with Crippen molar-refractivity contribution in [1.82, 2.24) is 5.32 Å². The van der Waals surface area contributed by atoms with Crippen LogP contribution in [0.2, 0.25) is 0 Å². The second-order valence-corrected chi connectivity index (χ2v) is 5.05. The van der Waals surface area contributed by atoms with Gasteiger partial charge in [-0.2, -0.15) is 0 Å². The van der Waals surface area contributed by atoms with E-state index < -0.39 is 5.41 Å². The van der Waals surface area contributed by atoms with Gasteiger partial charge >= 0.3 is 0 Å². The van der Waals surface area contributed by atoms with Crippen LogP contribution in [-0.4, -0.2) is 10.9 Å². The van der Waals surface area contributed by atoms with Crippen LogP contribution in [0.15, 0.2) is 24.3 Å². The second kappa shape index (κ2) is 5.02. The number of nitrogens with two attached hydrogens (primary N) is 1. The van der Waals surface area contributed by atoms with Crippen LogP contribution < -0.4 is 11.1 Å². The molecule has 3 nitrogen and oxygen atoms in total.